The minimum absolute atomic E-state index is 0.720. The molecule has 0 saturated carbocycles. The van der Waals surface area contributed by atoms with Crippen LogP contribution in [-0.2, 0) is 0 Å². The van der Waals surface area contributed by atoms with E-state index in [0.29, 0.717) is 0 Å². The summed E-state index contributed by atoms with van der Waals surface area (Å²) in [5.41, 5.74) is 12.7. The molecule has 0 bridgehead atoms. The number of para-hydroxylation sites is 3. The molecule has 0 amide bonds. The topological polar surface area (TPSA) is 43.6 Å². The number of nitrogens with zero attached hydrogens (tertiary/aromatic N) is 4. The minimum atomic E-state index is 0.720. The summed E-state index contributed by atoms with van der Waals surface area (Å²) in [5.74, 6) is 0.720. The van der Waals surface area contributed by atoms with Crippen LogP contribution in [0.5, 0.6) is 0 Å². The molecule has 0 aliphatic rings. The largest absolute Gasteiger partial charge is 0.309 e. The van der Waals surface area contributed by atoms with E-state index in [4.69, 9.17) is 15.0 Å². The molecule has 4 heteroatoms. The van der Waals surface area contributed by atoms with Crippen LogP contribution < -0.4 is 0 Å². The fourth-order valence-electron chi connectivity index (χ4n) is 9.14. The van der Waals surface area contributed by atoms with Gasteiger partial charge in [-0.15, -0.1) is 0 Å². The van der Waals surface area contributed by atoms with Crippen LogP contribution in [0.3, 0.4) is 0 Å². The van der Waals surface area contributed by atoms with Gasteiger partial charge in [-0.3, -0.25) is 0 Å². The lowest BCUT2D eigenvalue weighted by atomic mass is 9.90. The van der Waals surface area contributed by atoms with Gasteiger partial charge in [-0.2, -0.15) is 0 Å². The summed E-state index contributed by atoms with van der Waals surface area (Å²) in [6.45, 7) is 0. The first-order valence-corrected chi connectivity index (χ1v) is 20.0. The van der Waals surface area contributed by atoms with E-state index in [-0.39, 0.29) is 0 Å². The Bertz CT molecular complexity index is 3580. The molecule has 0 N–H and O–H groups in total. The van der Waals surface area contributed by atoms with Crippen LogP contribution in [-0.4, -0.2) is 19.5 Å². The van der Waals surface area contributed by atoms with Gasteiger partial charge in [0.25, 0.3) is 0 Å². The van der Waals surface area contributed by atoms with Crippen molar-refractivity contribution in [3.8, 4) is 50.7 Å². The normalized spacial score (nSPS) is 11.7. The van der Waals surface area contributed by atoms with Crippen molar-refractivity contribution in [2.45, 2.75) is 0 Å². The highest BCUT2D eigenvalue weighted by molar-refractivity contribution is 6.34. The van der Waals surface area contributed by atoms with E-state index in [1.54, 1.807) is 0 Å². The summed E-state index contributed by atoms with van der Waals surface area (Å²) in [6.07, 6.45) is 0. The molecule has 0 saturated heterocycles. The Morgan fingerprint density at radius 2 is 0.881 bits per heavy atom. The zero-order valence-electron chi connectivity index (χ0n) is 31.9. The molecule has 12 aromatic rings. The Morgan fingerprint density at radius 3 is 1.64 bits per heavy atom. The quantitative estimate of drug-likeness (QED) is 0.165. The van der Waals surface area contributed by atoms with Crippen LogP contribution in [0.25, 0.3) is 116 Å². The maximum absolute atomic E-state index is 5.58. The average Bonchev–Trinajstić information content (AvgIpc) is 3.66. The maximum atomic E-state index is 5.58. The Kier molecular flexibility index (Phi) is 7.50. The number of pyridine rings is 1. The third kappa shape index (κ3) is 5.27. The van der Waals surface area contributed by atoms with E-state index in [2.05, 4.69) is 187 Å². The molecule has 0 radical (unpaired) electrons. The zero-order chi connectivity index (χ0) is 38.9. The van der Waals surface area contributed by atoms with Crippen molar-refractivity contribution in [1.29, 1.82) is 0 Å². The van der Waals surface area contributed by atoms with Gasteiger partial charge < -0.3 is 4.57 Å². The van der Waals surface area contributed by atoms with Gasteiger partial charge in [0, 0.05) is 54.7 Å². The molecule has 59 heavy (non-hydrogen) atoms. The molecule has 12 rings (SSSR count). The van der Waals surface area contributed by atoms with Gasteiger partial charge in [-0.1, -0.05) is 170 Å². The van der Waals surface area contributed by atoms with Crippen molar-refractivity contribution in [2.75, 3.05) is 0 Å². The fraction of sp³-hybridized carbons (Fsp3) is 0. The van der Waals surface area contributed by atoms with E-state index < -0.39 is 0 Å². The highest BCUT2D eigenvalue weighted by Crippen LogP contribution is 2.46. The molecular weight excluding hydrogens is 717 g/mol. The molecule has 0 aliphatic heterocycles. The van der Waals surface area contributed by atoms with Gasteiger partial charge in [0.2, 0.25) is 0 Å². The van der Waals surface area contributed by atoms with Crippen molar-refractivity contribution in [3.63, 3.8) is 0 Å². The van der Waals surface area contributed by atoms with Gasteiger partial charge in [-0.25, -0.2) is 15.0 Å². The molecule has 0 fully saturated rings. The summed E-state index contributed by atoms with van der Waals surface area (Å²) in [5, 5.41) is 9.38. The van der Waals surface area contributed by atoms with Crippen LogP contribution >= 0.6 is 0 Å². The average molecular weight is 751 g/mol. The molecule has 3 aromatic heterocycles. The third-order valence-electron chi connectivity index (χ3n) is 11.8. The van der Waals surface area contributed by atoms with E-state index >= 15 is 0 Å². The summed E-state index contributed by atoms with van der Waals surface area (Å²) in [6, 6.07) is 73.1. The molecule has 274 valence electrons. The van der Waals surface area contributed by atoms with Crippen molar-refractivity contribution in [3.05, 3.63) is 206 Å². The smallest absolute Gasteiger partial charge is 0.160 e. The molecule has 0 aliphatic carbocycles. The lowest BCUT2D eigenvalue weighted by molar-refractivity contribution is 1.18. The molecule has 9 aromatic carbocycles. The number of benzene rings is 9. The Hall–Kier alpha value is -7.95. The molecule has 0 unspecified atom stereocenters. The van der Waals surface area contributed by atoms with E-state index in [1.807, 2.05) is 24.3 Å². The van der Waals surface area contributed by atoms with Crippen molar-refractivity contribution < 1.29 is 0 Å². The van der Waals surface area contributed by atoms with E-state index in [1.165, 1.54) is 38.0 Å². The third-order valence-corrected chi connectivity index (χ3v) is 11.8. The Labute approximate surface area is 340 Å². The Balaban J connectivity index is 1.13. The van der Waals surface area contributed by atoms with E-state index in [9.17, 15) is 0 Å². The van der Waals surface area contributed by atoms with Gasteiger partial charge in [0.1, 0.15) is 0 Å². The lowest BCUT2D eigenvalue weighted by Gasteiger charge is -2.17. The fourth-order valence-corrected chi connectivity index (χ4v) is 9.14. The highest BCUT2D eigenvalue weighted by atomic mass is 15.0. The van der Waals surface area contributed by atoms with Gasteiger partial charge in [-0.05, 0) is 58.3 Å². The lowest BCUT2D eigenvalue weighted by Crippen LogP contribution is -1.96. The number of hydrogen-bond acceptors (Lipinski definition) is 3. The first-order chi connectivity index (χ1) is 29.3. The summed E-state index contributed by atoms with van der Waals surface area (Å²) >= 11 is 0. The van der Waals surface area contributed by atoms with Crippen LogP contribution in [0.15, 0.2) is 206 Å². The number of fused-ring (bicyclic) bond motifs is 10. The Morgan fingerprint density at radius 1 is 0.305 bits per heavy atom. The van der Waals surface area contributed by atoms with Gasteiger partial charge in [0.15, 0.2) is 5.82 Å². The molecule has 4 nitrogen and oxygen atoms in total. The predicted octanol–water partition coefficient (Wildman–Crippen LogP) is 14.2. The monoisotopic (exact) mass is 750 g/mol. The van der Waals surface area contributed by atoms with Crippen LogP contribution in [0, 0.1) is 0 Å². The summed E-state index contributed by atoms with van der Waals surface area (Å²) < 4.78 is 2.40. The summed E-state index contributed by atoms with van der Waals surface area (Å²) in [7, 11) is 0. The van der Waals surface area contributed by atoms with E-state index in [0.717, 1.165) is 77.9 Å². The minimum Gasteiger partial charge on any atom is -0.309 e. The second-order valence-electron chi connectivity index (χ2n) is 15.1. The van der Waals surface area contributed by atoms with Gasteiger partial charge >= 0.3 is 0 Å². The standard InChI is InChI=1S/C55H34N4/c1-4-16-36(17-5-1)54-44-32-33-49-51(43-25-13-15-27-48(43)59(49)39-20-8-3-9-21-39)52(44)50-41-23-11-10-22-40(41)45(34-47(50)56-54)35-28-30-37(31-29-35)53-42-24-12-14-26-46(42)57-55(58-53)38-18-6-2-7-19-38/h1-34H. The van der Waals surface area contributed by atoms with Crippen LogP contribution in [0.2, 0.25) is 0 Å². The number of hydrogen-bond donors (Lipinski definition) is 0. The van der Waals surface area contributed by atoms with Crippen molar-refractivity contribution in [2.24, 2.45) is 0 Å². The molecule has 0 atom stereocenters. The first kappa shape index (κ1) is 33.2. The van der Waals surface area contributed by atoms with Crippen molar-refractivity contribution >= 4 is 65.2 Å². The molecule has 3 heterocycles. The maximum Gasteiger partial charge on any atom is 0.160 e. The van der Waals surface area contributed by atoms with Crippen molar-refractivity contribution in [1.82, 2.24) is 19.5 Å². The predicted molar refractivity (Wildman–Crippen MR) is 246 cm³/mol. The van der Waals surface area contributed by atoms with Crippen LogP contribution in [0.1, 0.15) is 0 Å². The summed E-state index contributed by atoms with van der Waals surface area (Å²) in [4.78, 5) is 15.7. The highest BCUT2D eigenvalue weighted by Gasteiger charge is 2.22. The molecule has 0 spiro atoms. The number of aromatic nitrogens is 4. The van der Waals surface area contributed by atoms with Gasteiger partial charge in [0.05, 0.1) is 33.5 Å². The second-order valence-corrected chi connectivity index (χ2v) is 15.1. The number of rotatable bonds is 5. The zero-order valence-corrected chi connectivity index (χ0v) is 31.9. The second kappa shape index (κ2) is 13.3. The SMILES string of the molecule is c1ccc(-c2nc(-c3ccc(-c4cc5nc(-c6ccccc6)c6ccc7c(c8ccccc8n7-c7ccccc7)c6c5c5ccccc45)cc3)c3ccccc3n2)cc1. The molecular formula is C55H34N4. The van der Waals surface area contributed by atoms with Crippen LogP contribution in [0.4, 0.5) is 0 Å². The first-order valence-electron chi connectivity index (χ1n) is 20.0.